The molecule has 0 fully saturated rings. The normalized spacial score (nSPS) is 14.6. The third kappa shape index (κ3) is 5.03. The lowest BCUT2D eigenvalue weighted by molar-refractivity contribution is 0.189. The van der Waals surface area contributed by atoms with Crippen LogP contribution in [0.2, 0.25) is 0 Å². The number of rotatable bonds is 8. The number of hydrogen-bond donors (Lipinski definition) is 1. The van der Waals surface area contributed by atoms with Crippen LogP contribution in [0.25, 0.3) is 0 Å². The first-order chi connectivity index (χ1) is 12.1. The summed E-state index contributed by atoms with van der Waals surface area (Å²) in [7, 11) is 3.29. The first kappa shape index (κ1) is 19.4. The van der Waals surface area contributed by atoms with Gasteiger partial charge in [0.1, 0.15) is 0 Å². The van der Waals surface area contributed by atoms with Gasteiger partial charge in [0.05, 0.1) is 14.2 Å². The number of hydrogen-bond acceptors (Lipinski definition) is 3. The largest absolute Gasteiger partial charge is 0.493 e. The van der Waals surface area contributed by atoms with Crippen molar-refractivity contribution < 1.29 is 14.3 Å². The van der Waals surface area contributed by atoms with E-state index in [4.69, 9.17) is 9.47 Å². The number of ether oxygens (including phenoxy) is 2. The smallest absolute Gasteiger partial charge is 0.317 e. The monoisotopic (exact) mass is 348 g/mol. The Morgan fingerprint density at radius 1 is 1.20 bits per heavy atom. The molecule has 140 valence electrons. The minimum Gasteiger partial charge on any atom is -0.493 e. The predicted molar refractivity (Wildman–Crippen MR) is 100 cm³/mol. The summed E-state index contributed by atoms with van der Waals surface area (Å²) in [6.07, 6.45) is 5.58. The summed E-state index contributed by atoms with van der Waals surface area (Å²) in [4.78, 5) is 14.4. The van der Waals surface area contributed by atoms with Gasteiger partial charge in [-0.15, -0.1) is 0 Å². The Balaban J connectivity index is 1.96. The number of nitrogens with one attached hydrogen (secondary N) is 1. The molecule has 0 spiro atoms. The van der Waals surface area contributed by atoms with Gasteiger partial charge in [0.15, 0.2) is 11.5 Å². The van der Waals surface area contributed by atoms with Crippen molar-refractivity contribution in [1.29, 1.82) is 0 Å². The molecule has 25 heavy (non-hydrogen) atoms. The van der Waals surface area contributed by atoms with Crippen LogP contribution in [-0.2, 0) is 13.0 Å². The predicted octanol–water partition coefficient (Wildman–Crippen LogP) is 3.99. The molecule has 1 aromatic carbocycles. The highest BCUT2D eigenvalue weighted by Crippen LogP contribution is 2.33. The summed E-state index contributed by atoms with van der Waals surface area (Å²) < 4.78 is 10.8. The molecule has 2 rings (SSSR count). The van der Waals surface area contributed by atoms with Crippen molar-refractivity contribution in [2.75, 3.05) is 27.3 Å². The molecule has 1 N–H and O–H groups in total. The molecule has 5 heteroatoms. The zero-order chi connectivity index (χ0) is 18.2. The fourth-order valence-corrected chi connectivity index (χ4v) is 3.34. The van der Waals surface area contributed by atoms with Crippen molar-refractivity contribution in [2.45, 2.75) is 52.5 Å². The van der Waals surface area contributed by atoms with Crippen molar-refractivity contribution in [2.24, 2.45) is 5.92 Å². The maximum Gasteiger partial charge on any atom is 0.317 e. The van der Waals surface area contributed by atoms with Gasteiger partial charge in [-0.25, -0.2) is 4.79 Å². The molecule has 0 aliphatic carbocycles. The number of unbranched alkanes of at least 4 members (excludes halogenated alkanes) is 1. The van der Waals surface area contributed by atoms with Crippen LogP contribution in [0.15, 0.2) is 12.1 Å². The minimum atomic E-state index is 0.0374. The molecule has 1 aliphatic heterocycles. The van der Waals surface area contributed by atoms with E-state index in [-0.39, 0.29) is 6.03 Å². The van der Waals surface area contributed by atoms with E-state index in [1.165, 1.54) is 24.8 Å². The van der Waals surface area contributed by atoms with Gasteiger partial charge in [-0.3, -0.25) is 0 Å². The van der Waals surface area contributed by atoms with Crippen molar-refractivity contribution in [1.82, 2.24) is 10.2 Å². The summed E-state index contributed by atoms with van der Waals surface area (Å²) in [6, 6.07) is 4.06. The molecule has 1 unspecified atom stereocenters. The van der Waals surface area contributed by atoms with Gasteiger partial charge < -0.3 is 19.7 Å². The van der Waals surface area contributed by atoms with Crippen LogP contribution >= 0.6 is 0 Å². The molecule has 0 radical (unpaired) electrons. The van der Waals surface area contributed by atoms with E-state index in [0.717, 1.165) is 37.2 Å². The van der Waals surface area contributed by atoms with Gasteiger partial charge >= 0.3 is 6.03 Å². The van der Waals surface area contributed by atoms with Crippen molar-refractivity contribution >= 4 is 6.03 Å². The van der Waals surface area contributed by atoms with Crippen LogP contribution in [0.3, 0.4) is 0 Å². The summed E-state index contributed by atoms with van der Waals surface area (Å²) in [6.45, 7) is 6.53. The lowest BCUT2D eigenvalue weighted by atomic mass is 9.98. The maximum atomic E-state index is 12.5. The van der Waals surface area contributed by atoms with Gasteiger partial charge in [0.25, 0.3) is 0 Å². The Bertz CT molecular complexity index is 574. The zero-order valence-corrected chi connectivity index (χ0v) is 16.1. The second-order valence-corrected chi connectivity index (χ2v) is 6.75. The summed E-state index contributed by atoms with van der Waals surface area (Å²) in [5.74, 6) is 2.04. The highest BCUT2D eigenvalue weighted by Gasteiger charge is 2.23. The van der Waals surface area contributed by atoms with Crippen LogP contribution < -0.4 is 14.8 Å². The number of methoxy groups -OCH3 is 2. The molecule has 0 saturated heterocycles. The van der Waals surface area contributed by atoms with E-state index in [1.54, 1.807) is 14.2 Å². The standard InChI is InChI=1S/C20H32N2O3/c1-5-7-8-15(6-2)13-21-20(23)22-10-9-16-11-18(24-3)19(25-4)12-17(16)14-22/h11-12,15H,5-10,13-14H2,1-4H3,(H,21,23). The fourth-order valence-electron chi connectivity index (χ4n) is 3.34. The van der Waals surface area contributed by atoms with Crippen LogP contribution in [-0.4, -0.2) is 38.2 Å². The molecule has 0 aromatic heterocycles. The Kier molecular flexibility index (Phi) is 7.41. The molecule has 1 atom stereocenters. The molecule has 5 nitrogen and oxygen atoms in total. The lowest BCUT2D eigenvalue weighted by Crippen LogP contribution is -2.44. The quantitative estimate of drug-likeness (QED) is 0.773. The van der Waals surface area contributed by atoms with E-state index in [9.17, 15) is 4.79 Å². The molecular weight excluding hydrogens is 316 g/mol. The number of nitrogens with zero attached hydrogens (tertiary/aromatic N) is 1. The van der Waals surface area contributed by atoms with Gasteiger partial charge in [0, 0.05) is 19.6 Å². The minimum absolute atomic E-state index is 0.0374. The Morgan fingerprint density at radius 3 is 2.48 bits per heavy atom. The fraction of sp³-hybridized carbons (Fsp3) is 0.650. The first-order valence-electron chi connectivity index (χ1n) is 9.39. The third-order valence-corrected chi connectivity index (χ3v) is 5.09. The molecule has 0 bridgehead atoms. The van der Waals surface area contributed by atoms with E-state index in [0.29, 0.717) is 18.2 Å². The van der Waals surface area contributed by atoms with Crippen LogP contribution in [0, 0.1) is 5.92 Å². The molecule has 0 saturated carbocycles. The summed E-state index contributed by atoms with van der Waals surface area (Å²) >= 11 is 0. The number of fused-ring (bicyclic) bond motifs is 1. The van der Waals surface area contributed by atoms with Crippen molar-refractivity contribution in [3.05, 3.63) is 23.3 Å². The van der Waals surface area contributed by atoms with Crippen LogP contribution in [0.4, 0.5) is 4.79 Å². The molecular formula is C20H32N2O3. The summed E-state index contributed by atoms with van der Waals surface area (Å²) in [5, 5.41) is 3.13. The average Bonchev–Trinajstić information content (AvgIpc) is 2.66. The number of carbonyl (C=O) groups excluding carboxylic acids is 1. The number of benzene rings is 1. The number of carbonyl (C=O) groups is 1. The Hall–Kier alpha value is -1.91. The topological polar surface area (TPSA) is 50.8 Å². The Labute approximate surface area is 151 Å². The molecule has 2 amide bonds. The number of amides is 2. The summed E-state index contributed by atoms with van der Waals surface area (Å²) in [5.41, 5.74) is 2.37. The number of urea groups is 1. The first-order valence-corrected chi connectivity index (χ1v) is 9.39. The SMILES string of the molecule is CCCCC(CC)CNC(=O)N1CCc2cc(OC)c(OC)cc2C1. The average molecular weight is 348 g/mol. The Morgan fingerprint density at radius 2 is 1.88 bits per heavy atom. The van der Waals surface area contributed by atoms with Gasteiger partial charge in [0.2, 0.25) is 0 Å². The van der Waals surface area contributed by atoms with Gasteiger partial charge in [-0.2, -0.15) is 0 Å². The highest BCUT2D eigenvalue weighted by molar-refractivity contribution is 5.74. The lowest BCUT2D eigenvalue weighted by Gasteiger charge is -2.30. The maximum absolute atomic E-state index is 12.5. The van der Waals surface area contributed by atoms with Crippen molar-refractivity contribution in [3.8, 4) is 11.5 Å². The van der Waals surface area contributed by atoms with Gasteiger partial charge in [-0.1, -0.05) is 33.1 Å². The second kappa shape index (κ2) is 9.54. The van der Waals surface area contributed by atoms with Crippen molar-refractivity contribution in [3.63, 3.8) is 0 Å². The van der Waals surface area contributed by atoms with E-state index >= 15 is 0 Å². The molecule has 1 aliphatic rings. The van der Waals surface area contributed by atoms with Gasteiger partial charge in [-0.05, 0) is 42.0 Å². The van der Waals surface area contributed by atoms with Crippen LogP contribution in [0.1, 0.15) is 50.7 Å². The third-order valence-electron chi connectivity index (χ3n) is 5.09. The van der Waals surface area contributed by atoms with Crippen LogP contribution in [0.5, 0.6) is 11.5 Å². The van der Waals surface area contributed by atoms with E-state index < -0.39 is 0 Å². The second-order valence-electron chi connectivity index (χ2n) is 6.75. The van der Waals surface area contributed by atoms with E-state index in [2.05, 4.69) is 19.2 Å². The molecule has 1 aromatic rings. The highest BCUT2D eigenvalue weighted by atomic mass is 16.5. The zero-order valence-electron chi connectivity index (χ0n) is 16.1. The van der Waals surface area contributed by atoms with E-state index in [1.807, 2.05) is 17.0 Å². The molecule has 1 heterocycles.